The lowest BCUT2D eigenvalue weighted by molar-refractivity contribution is 0.0960. The minimum atomic E-state index is -0.246. The van der Waals surface area contributed by atoms with Crippen LogP contribution in [0.15, 0.2) is 77.5 Å². The number of rotatable bonds is 6. The summed E-state index contributed by atoms with van der Waals surface area (Å²) in [5.41, 5.74) is 2.40. The Kier molecular flexibility index (Phi) is 5.09. The molecule has 3 heterocycles. The van der Waals surface area contributed by atoms with Gasteiger partial charge in [-0.15, -0.1) is 0 Å². The molecule has 0 aliphatic rings. The van der Waals surface area contributed by atoms with Crippen LogP contribution in [-0.4, -0.2) is 22.5 Å². The summed E-state index contributed by atoms with van der Waals surface area (Å²) in [6, 6.07) is 18.9. The number of hydrogen-bond acceptors (Lipinski definition) is 6. The molecule has 0 aliphatic heterocycles. The molecule has 5 aromatic rings. The Bertz CT molecular complexity index is 1330. The predicted molar refractivity (Wildman–Crippen MR) is 122 cm³/mol. The zero-order valence-electron chi connectivity index (χ0n) is 16.8. The predicted octanol–water partition coefficient (Wildman–Crippen LogP) is 5.68. The average molecular weight is 430 g/mol. The van der Waals surface area contributed by atoms with Crippen LogP contribution in [0.4, 0.5) is 5.13 Å². The van der Waals surface area contributed by atoms with Gasteiger partial charge in [-0.25, -0.2) is 4.98 Å². The first-order valence-corrected chi connectivity index (χ1v) is 10.8. The van der Waals surface area contributed by atoms with E-state index >= 15 is 0 Å². The minimum absolute atomic E-state index is 0.246. The molecule has 31 heavy (non-hydrogen) atoms. The largest absolute Gasteiger partial charge is 0.494 e. The SMILES string of the molecule is CCOc1ccc2nc(N(Cc3cccnc3)C(=O)c3cc4ccccc4o3)sc2c1. The Morgan fingerprint density at radius 2 is 2.03 bits per heavy atom. The molecule has 0 saturated carbocycles. The van der Waals surface area contributed by atoms with E-state index in [1.807, 2.05) is 61.5 Å². The van der Waals surface area contributed by atoms with Gasteiger partial charge >= 0.3 is 0 Å². The summed E-state index contributed by atoms with van der Waals surface area (Å²) in [7, 11) is 0. The Morgan fingerprint density at radius 1 is 1.13 bits per heavy atom. The lowest BCUT2D eigenvalue weighted by Gasteiger charge is -2.18. The van der Waals surface area contributed by atoms with E-state index in [1.165, 1.54) is 11.3 Å². The summed E-state index contributed by atoms with van der Waals surface area (Å²) in [6.45, 7) is 2.88. The third-order valence-electron chi connectivity index (χ3n) is 4.84. The maximum absolute atomic E-state index is 13.5. The van der Waals surface area contributed by atoms with Crippen LogP contribution in [0.25, 0.3) is 21.2 Å². The van der Waals surface area contributed by atoms with Crippen LogP contribution in [-0.2, 0) is 6.54 Å². The number of nitrogens with zero attached hydrogens (tertiary/aromatic N) is 3. The topological polar surface area (TPSA) is 68.5 Å². The molecule has 154 valence electrons. The van der Waals surface area contributed by atoms with Crippen LogP contribution in [0, 0.1) is 0 Å². The summed E-state index contributed by atoms with van der Waals surface area (Å²) >= 11 is 1.45. The smallest absolute Gasteiger partial charge is 0.296 e. The molecule has 5 rings (SSSR count). The molecule has 7 heteroatoms. The van der Waals surface area contributed by atoms with Crippen LogP contribution in [0.1, 0.15) is 23.0 Å². The lowest BCUT2D eigenvalue weighted by Crippen LogP contribution is -2.30. The van der Waals surface area contributed by atoms with E-state index in [0.717, 1.165) is 26.9 Å². The first-order valence-electron chi connectivity index (χ1n) is 9.94. The molecule has 0 fully saturated rings. The number of hydrogen-bond donors (Lipinski definition) is 0. The van der Waals surface area contributed by atoms with E-state index in [0.29, 0.717) is 23.9 Å². The number of ether oxygens (including phenoxy) is 1. The second kappa shape index (κ2) is 8.20. The average Bonchev–Trinajstić information content (AvgIpc) is 3.42. The number of anilines is 1. The van der Waals surface area contributed by atoms with Crippen molar-refractivity contribution in [3.8, 4) is 5.75 Å². The van der Waals surface area contributed by atoms with Crippen molar-refractivity contribution in [2.45, 2.75) is 13.5 Å². The zero-order valence-corrected chi connectivity index (χ0v) is 17.6. The third-order valence-corrected chi connectivity index (χ3v) is 5.88. The number of pyridine rings is 1. The number of benzene rings is 2. The molecule has 0 N–H and O–H groups in total. The van der Waals surface area contributed by atoms with Crippen molar-refractivity contribution < 1.29 is 13.9 Å². The van der Waals surface area contributed by atoms with E-state index < -0.39 is 0 Å². The van der Waals surface area contributed by atoms with Crippen molar-refractivity contribution in [2.75, 3.05) is 11.5 Å². The van der Waals surface area contributed by atoms with Gasteiger partial charge in [-0.05, 0) is 48.9 Å². The summed E-state index contributed by atoms with van der Waals surface area (Å²) in [5, 5.41) is 1.48. The Morgan fingerprint density at radius 3 is 2.84 bits per heavy atom. The van der Waals surface area contributed by atoms with Crippen LogP contribution in [0.3, 0.4) is 0 Å². The summed E-state index contributed by atoms with van der Waals surface area (Å²) in [6.07, 6.45) is 3.46. The van der Waals surface area contributed by atoms with Gasteiger partial charge in [0.25, 0.3) is 5.91 Å². The van der Waals surface area contributed by atoms with Crippen molar-refractivity contribution in [3.63, 3.8) is 0 Å². The Balaban J connectivity index is 1.56. The highest BCUT2D eigenvalue weighted by Crippen LogP contribution is 2.33. The standard InChI is InChI=1S/C24H19N3O3S/c1-2-29-18-9-10-19-22(13-18)31-24(26-19)27(15-16-6-5-11-25-14-16)23(28)21-12-17-7-3-4-8-20(17)30-21/h3-14H,2,15H2,1H3. The number of fused-ring (bicyclic) bond motifs is 2. The highest BCUT2D eigenvalue weighted by molar-refractivity contribution is 7.22. The fourth-order valence-corrected chi connectivity index (χ4v) is 4.38. The number of aromatic nitrogens is 2. The number of furan rings is 1. The molecular weight excluding hydrogens is 410 g/mol. The van der Waals surface area contributed by atoms with E-state index in [1.54, 1.807) is 23.4 Å². The number of amides is 1. The quantitative estimate of drug-likeness (QED) is 0.347. The molecule has 2 aromatic carbocycles. The van der Waals surface area contributed by atoms with Crippen LogP contribution >= 0.6 is 11.3 Å². The highest BCUT2D eigenvalue weighted by atomic mass is 32.1. The maximum atomic E-state index is 13.5. The van der Waals surface area contributed by atoms with Crippen LogP contribution in [0.2, 0.25) is 0 Å². The third kappa shape index (κ3) is 3.87. The monoisotopic (exact) mass is 429 g/mol. The van der Waals surface area contributed by atoms with E-state index in [-0.39, 0.29) is 11.7 Å². The van der Waals surface area contributed by atoms with Gasteiger partial charge in [0.1, 0.15) is 11.3 Å². The van der Waals surface area contributed by atoms with Crippen molar-refractivity contribution in [2.24, 2.45) is 0 Å². The second-order valence-electron chi connectivity index (χ2n) is 6.96. The van der Waals surface area contributed by atoms with Gasteiger partial charge in [0.15, 0.2) is 10.9 Å². The normalized spacial score (nSPS) is 11.1. The maximum Gasteiger partial charge on any atom is 0.296 e. The summed E-state index contributed by atoms with van der Waals surface area (Å²) in [4.78, 5) is 24.1. The van der Waals surface area contributed by atoms with Gasteiger partial charge in [0.2, 0.25) is 0 Å². The lowest BCUT2D eigenvalue weighted by atomic mass is 10.2. The highest BCUT2D eigenvalue weighted by Gasteiger charge is 2.25. The minimum Gasteiger partial charge on any atom is -0.494 e. The summed E-state index contributed by atoms with van der Waals surface area (Å²) < 4.78 is 12.4. The van der Waals surface area contributed by atoms with E-state index in [9.17, 15) is 4.79 Å². The fraction of sp³-hybridized carbons (Fsp3) is 0.125. The van der Waals surface area contributed by atoms with Crippen molar-refractivity contribution in [1.82, 2.24) is 9.97 Å². The number of thiazole rings is 1. The van der Waals surface area contributed by atoms with Gasteiger partial charge < -0.3 is 9.15 Å². The first-order chi connectivity index (χ1) is 15.2. The summed E-state index contributed by atoms with van der Waals surface area (Å²) in [5.74, 6) is 0.816. The zero-order chi connectivity index (χ0) is 21.2. The molecule has 0 aliphatic carbocycles. The number of carbonyl (C=O) groups is 1. The fourth-order valence-electron chi connectivity index (χ4n) is 3.39. The van der Waals surface area contributed by atoms with Crippen molar-refractivity contribution >= 4 is 43.6 Å². The molecular formula is C24H19N3O3S. The van der Waals surface area contributed by atoms with Crippen LogP contribution < -0.4 is 9.64 Å². The van der Waals surface area contributed by atoms with Gasteiger partial charge in [-0.3, -0.25) is 14.7 Å². The number of para-hydroxylation sites is 1. The molecule has 3 aromatic heterocycles. The molecule has 0 atom stereocenters. The van der Waals surface area contributed by atoms with Crippen molar-refractivity contribution in [1.29, 1.82) is 0 Å². The van der Waals surface area contributed by atoms with Gasteiger partial charge in [-0.1, -0.05) is 35.6 Å². The molecule has 0 unspecified atom stereocenters. The van der Waals surface area contributed by atoms with Gasteiger partial charge in [0.05, 0.1) is 23.4 Å². The first kappa shape index (κ1) is 19.3. The molecule has 0 saturated heterocycles. The van der Waals surface area contributed by atoms with E-state index in [2.05, 4.69) is 4.98 Å². The van der Waals surface area contributed by atoms with Gasteiger partial charge in [0, 0.05) is 17.8 Å². The van der Waals surface area contributed by atoms with E-state index in [4.69, 9.17) is 14.1 Å². The Labute approximate surface area is 182 Å². The van der Waals surface area contributed by atoms with Gasteiger partial charge in [-0.2, -0.15) is 0 Å². The molecule has 6 nitrogen and oxygen atoms in total. The van der Waals surface area contributed by atoms with Crippen LogP contribution in [0.5, 0.6) is 5.75 Å². The molecule has 0 spiro atoms. The second-order valence-corrected chi connectivity index (χ2v) is 7.97. The number of carbonyl (C=O) groups excluding carboxylic acids is 1. The molecule has 0 radical (unpaired) electrons. The molecule has 0 bridgehead atoms. The Hall–Kier alpha value is -3.71. The van der Waals surface area contributed by atoms with Crippen molar-refractivity contribution in [3.05, 3.63) is 84.4 Å². The molecule has 1 amide bonds.